The van der Waals surface area contributed by atoms with E-state index < -0.39 is 5.97 Å². The number of hydrogen-bond acceptors (Lipinski definition) is 4. The molecule has 7 nitrogen and oxygen atoms in total. The number of carbonyl (C=O) groups is 2. The van der Waals surface area contributed by atoms with E-state index in [2.05, 4.69) is 15.4 Å². The second kappa shape index (κ2) is 6.04. The first-order valence-corrected chi connectivity index (χ1v) is 7.23. The minimum Gasteiger partial charge on any atom is -0.478 e. The number of aromatic nitrogens is 3. The molecule has 1 atom stereocenters. The molecule has 2 N–H and O–H groups in total. The summed E-state index contributed by atoms with van der Waals surface area (Å²) in [5.74, 6) is -1.12. The Labute approximate surface area is 132 Å². The number of aryl methyl sites for hydroxylation is 1. The number of rotatable bonds is 4. The maximum absolute atomic E-state index is 12.4. The predicted molar refractivity (Wildman–Crippen MR) is 82.3 cm³/mol. The van der Waals surface area contributed by atoms with Crippen molar-refractivity contribution >= 4 is 11.9 Å². The molecular weight excluding hydrogens is 296 g/mol. The Morgan fingerprint density at radius 1 is 1.39 bits per heavy atom. The van der Waals surface area contributed by atoms with Crippen LogP contribution >= 0.6 is 0 Å². The molecule has 1 heterocycles. The molecule has 0 bridgehead atoms. The van der Waals surface area contributed by atoms with E-state index in [9.17, 15) is 9.59 Å². The molecule has 7 heteroatoms. The van der Waals surface area contributed by atoms with Crippen molar-refractivity contribution in [1.29, 1.82) is 0 Å². The average molecular weight is 312 g/mol. The summed E-state index contributed by atoms with van der Waals surface area (Å²) in [6.45, 7) is 1.85. The van der Waals surface area contributed by atoms with Crippen molar-refractivity contribution in [2.45, 2.75) is 25.8 Å². The van der Waals surface area contributed by atoms with Crippen molar-refractivity contribution in [3.63, 3.8) is 0 Å². The molecule has 0 saturated carbocycles. The molecule has 3 rings (SSSR count). The first-order valence-electron chi connectivity index (χ1n) is 7.23. The van der Waals surface area contributed by atoms with Crippen LogP contribution in [0.4, 0.5) is 0 Å². The zero-order valence-corrected chi connectivity index (χ0v) is 12.6. The fourth-order valence-electron chi connectivity index (χ4n) is 2.65. The second-order valence-electron chi connectivity index (χ2n) is 5.48. The summed E-state index contributed by atoms with van der Waals surface area (Å²) in [4.78, 5) is 27.2. The third-order valence-corrected chi connectivity index (χ3v) is 3.86. The predicted octanol–water partition coefficient (Wildman–Crippen LogP) is 1.48. The summed E-state index contributed by atoms with van der Waals surface area (Å²) in [5, 5.41) is 15.9. The lowest BCUT2D eigenvalue weighted by Crippen LogP contribution is -2.33. The molecule has 1 aromatic heterocycles. The molecule has 1 unspecified atom stereocenters. The normalized spacial score (nSPS) is 16.9. The van der Waals surface area contributed by atoms with Crippen molar-refractivity contribution < 1.29 is 14.7 Å². The molecule has 1 amide bonds. The maximum Gasteiger partial charge on any atom is 0.331 e. The van der Waals surface area contributed by atoms with E-state index in [0.29, 0.717) is 24.0 Å². The van der Waals surface area contributed by atoms with Gasteiger partial charge in [-0.2, -0.15) is 5.10 Å². The van der Waals surface area contributed by atoms with Crippen molar-refractivity contribution in [2.24, 2.45) is 0 Å². The molecule has 1 aliphatic rings. The molecule has 118 valence electrons. The number of carboxylic acid groups (broad SMARTS) is 1. The summed E-state index contributed by atoms with van der Waals surface area (Å²) in [7, 11) is 0. The van der Waals surface area contributed by atoms with Crippen LogP contribution in [0.2, 0.25) is 0 Å². The monoisotopic (exact) mass is 312 g/mol. The van der Waals surface area contributed by atoms with Gasteiger partial charge in [-0.15, -0.1) is 0 Å². The molecule has 0 fully saturated rings. The highest BCUT2D eigenvalue weighted by atomic mass is 16.4. The van der Waals surface area contributed by atoms with Gasteiger partial charge in [0.2, 0.25) is 0 Å². The fraction of sp³-hybridized carbons (Fsp3) is 0.250. The van der Waals surface area contributed by atoms with Gasteiger partial charge in [-0.05, 0) is 43.5 Å². The quantitative estimate of drug-likeness (QED) is 0.891. The van der Waals surface area contributed by atoms with Gasteiger partial charge in [-0.25, -0.2) is 14.5 Å². The van der Waals surface area contributed by atoms with E-state index in [1.807, 2.05) is 13.0 Å². The largest absolute Gasteiger partial charge is 0.478 e. The molecule has 1 aromatic carbocycles. The van der Waals surface area contributed by atoms with Crippen LogP contribution in [0.5, 0.6) is 0 Å². The SMILES string of the molecule is Cc1cc(-n2cncn2)ccc1C(=O)NC1CC=C(C(=O)O)C1. The van der Waals surface area contributed by atoms with Crippen molar-refractivity contribution in [1.82, 2.24) is 20.1 Å². The number of benzene rings is 1. The number of amides is 1. The number of nitrogens with zero attached hydrogens (tertiary/aromatic N) is 3. The minimum absolute atomic E-state index is 0.164. The third-order valence-electron chi connectivity index (χ3n) is 3.86. The van der Waals surface area contributed by atoms with Crippen LogP contribution in [0, 0.1) is 6.92 Å². The number of aliphatic carboxylic acids is 1. The first-order chi connectivity index (χ1) is 11.0. The molecule has 1 aliphatic carbocycles. The standard InChI is InChI=1S/C16H16N4O3/c1-10-6-13(20-9-17-8-18-20)4-5-14(10)15(21)19-12-3-2-11(7-12)16(22)23/h2,4-6,8-9,12H,3,7H2,1H3,(H,19,21)(H,22,23). The third kappa shape index (κ3) is 3.13. The molecular formula is C16H16N4O3. The van der Waals surface area contributed by atoms with Crippen molar-refractivity contribution in [2.75, 3.05) is 0 Å². The Hall–Kier alpha value is -2.96. The van der Waals surface area contributed by atoms with Crippen molar-refractivity contribution in [3.05, 3.63) is 53.6 Å². The van der Waals surface area contributed by atoms with E-state index in [0.717, 1.165) is 11.3 Å². The summed E-state index contributed by atoms with van der Waals surface area (Å²) >= 11 is 0. The van der Waals surface area contributed by atoms with Crippen LogP contribution in [-0.4, -0.2) is 37.8 Å². The van der Waals surface area contributed by atoms with E-state index in [-0.39, 0.29) is 11.9 Å². The van der Waals surface area contributed by atoms with Crippen LogP contribution in [0.25, 0.3) is 5.69 Å². The first kappa shape index (κ1) is 15.0. The smallest absolute Gasteiger partial charge is 0.331 e. The topological polar surface area (TPSA) is 97.1 Å². The molecule has 2 aromatic rings. The van der Waals surface area contributed by atoms with E-state index >= 15 is 0 Å². The summed E-state index contributed by atoms with van der Waals surface area (Å²) < 4.78 is 1.62. The average Bonchev–Trinajstić information content (AvgIpc) is 3.18. The zero-order chi connectivity index (χ0) is 16.4. The molecule has 0 aliphatic heterocycles. The van der Waals surface area contributed by atoms with Gasteiger partial charge in [0.25, 0.3) is 5.91 Å². The maximum atomic E-state index is 12.4. The van der Waals surface area contributed by atoms with Gasteiger partial charge in [0.05, 0.1) is 5.69 Å². The molecule has 0 radical (unpaired) electrons. The van der Waals surface area contributed by atoms with Gasteiger partial charge < -0.3 is 10.4 Å². The Morgan fingerprint density at radius 3 is 2.83 bits per heavy atom. The Morgan fingerprint density at radius 2 is 2.22 bits per heavy atom. The Balaban J connectivity index is 1.70. The Kier molecular flexibility index (Phi) is 3.92. The highest BCUT2D eigenvalue weighted by Gasteiger charge is 2.23. The van der Waals surface area contributed by atoms with E-state index in [1.165, 1.54) is 6.33 Å². The van der Waals surface area contributed by atoms with Gasteiger partial charge in [-0.3, -0.25) is 4.79 Å². The second-order valence-corrected chi connectivity index (χ2v) is 5.48. The highest BCUT2D eigenvalue weighted by Crippen LogP contribution is 2.20. The number of nitrogens with one attached hydrogen (secondary N) is 1. The van der Waals surface area contributed by atoms with Crippen LogP contribution in [0.15, 0.2) is 42.5 Å². The summed E-state index contributed by atoms with van der Waals surface area (Å²) in [6, 6.07) is 5.23. The summed E-state index contributed by atoms with van der Waals surface area (Å²) in [6.07, 6.45) is 5.60. The zero-order valence-electron chi connectivity index (χ0n) is 12.6. The van der Waals surface area contributed by atoms with E-state index in [1.54, 1.807) is 29.2 Å². The Bertz CT molecular complexity index is 781. The van der Waals surface area contributed by atoms with Gasteiger partial charge in [0.15, 0.2) is 0 Å². The lowest BCUT2D eigenvalue weighted by atomic mass is 10.1. The van der Waals surface area contributed by atoms with Crippen molar-refractivity contribution in [3.8, 4) is 5.69 Å². The van der Waals surface area contributed by atoms with E-state index in [4.69, 9.17) is 5.11 Å². The van der Waals surface area contributed by atoms with Gasteiger partial charge in [-0.1, -0.05) is 6.08 Å². The molecule has 23 heavy (non-hydrogen) atoms. The van der Waals surface area contributed by atoms with Gasteiger partial charge in [0, 0.05) is 17.2 Å². The van der Waals surface area contributed by atoms with Gasteiger partial charge in [0.1, 0.15) is 12.7 Å². The highest BCUT2D eigenvalue weighted by molar-refractivity contribution is 5.96. The molecule has 0 saturated heterocycles. The van der Waals surface area contributed by atoms with Crippen LogP contribution in [0.1, 0.15) is 28.8 Å². The fourth-order valence-corrected chi connectivity index (χ4v) is 2.65. The number of carbonyl (C=O) groups excluding carboxylic acids is 1. The van der Waals surface area contributed by atoms with Crippen LogP contribution in [0.3, 0.4) is 0 Å². The summed E-state index contributed by atoms with van der Waals surface area (Å²) in [5.41, 5.74) is 2.57. The lowest BCUT2D eigenvalue weighted by molar-refractivity contribution is -0.132. The minimum atomic E-state index is -0.921. The van der Waals surface area contributed by atoms with Gasteiger partial charge >= 0.3 is 5.97 Å². The number of carboxylic acids is 1. The lowest BCUT2D eigenvalue weighted by Gasteiger charge is -2.14. The molecule has 0 spiro atoms. The van der Waals surface area contributed by atoms with Crippen LogP contribution in [-0.2, 0) is 4.79 Å². The number of hydrogen-bond donors (Lipinski definition) is 2. The van der Waals surface area contributed by atoms with Crippen LogP contribution < -0.4 is 5.32 Å².